The summed E-state index contributed by atoms with van der Waals surface area (Å²) < 4.78 is 13.4. The Kier molecular flexibility index (Phi) is 3.81. The number of amides is 2. The van der Waals surface area contributed by atoms with Gasteiger partial charge < -0.3 is 16.0 Å². The topological polar surface area (TPSA) is 58.4 Å². The number of piperidine rings is 1. The molecule has 1 aromatic rings. The largest absolute Gasteiger partial charge is 0.326 e. The van der Waals surface area contributed by atoms with Crippen molar-refractivity contribution in [3.05, 3.63) is 30.1 Å². The molecule has 2 amide bonds. The third kappa shape index (κ3) is 2.98. The van der Waals surface area contributed by atoms with Crippen LogP contribution in [0.3, 0.4) is 0 Å². The third-order valence-corrected chi connectivity index (χ3v) is 3.09. The molecule has 0 aliphatic carbocycles. The summed E-state index contributed by atoms with van der Waals surface area (Å²) in [5, 5.41) is 2.58. The van der Waals surface area contributed by atoms with E-state index in [0.717, 1.165) is 6.42 Å². The van der Waals surface area contributed by atoms with Crippen LogP contribution in [0.25, 0.3) is 0 Å². The minimum atomic E-state index is -0.430. The van der Waals surface area contributed by atoms with E-state index in [1.165, 1.54) is 6.07 Å². The Morgan fingerprint density at radius 1 is 1.44 bits per heavy atom. The van der Waals surface area contributed by atoms with Gasteiger partial charge in [-0.25, -0.2) is 9.18 Å². The van der Waals surface area contributed by atoms with Crippen LogP contribution in [-0.4, -0.2) is 30.1 Å². The summed E-state index contributed by atoms with van der Waals surface area (Å²) in [6.45, 7) is 3.24. The maximum Gasteiger partial charge on any atom is 0.321 e. The quantitative estimate of drug-likeness (QED) is 0.802. The number of rotatable bonds is 1. The Balaban J connectivity index is 2.02. The molecule has 2 unspecified atom stereocenters. The summed E-state index contributed by atoms with van der Waals surface area (Å²) in [4.78, 5) is 13.6. The Morgan fingerprint density at radius 2 is 2.17 bits per heavy atom. The molecule has 0 saturated carbocycles. The number of carbonyl (C=O) groups excluding carboxylic acids is 1. The lowest BCUT2D eigenvalue weighted by Crippen LogP contribution is -2.50. The molecule has 0 radical (unpaired) electrons. The molecule has 1 aliphatic rings. The number of urea groups is 1. The van der Waals surface area contributed by atoms with Crippen LogP contribution < -0.4 is 11.1 Å². The monoisotopic (exact) mass is 251 g/mol. The number of para-hydroxylation sites is 1. The van der Waals surface area contributed by atoms with Gasteiger partial charge >= 0.3 is 6.03 Å². The van der Waals surface area contributed by atoms with Crippen molar-refractivity contribution in [2.75, 3.05) is 18.4 Å². The lowest BCUT2D eigenvalue weighted by molar-refractivity contribution is 0.172. The summed E-state index contributed by atoms with van der Waals surface area (Å²) in [5.74, 6) is -0.0553. The number of hydrogen-bond donors (Lipinski definition) is 2. The number of likely N-dealkylation sites (tertiary alicyclic amines) is 1. The SMILES string of the molecule is CC1CC(N)CN(C(=O)Nc2ccccc2F)C1. The van der Waals surface area contributed by atoms with Crippen molar-refractivity contribution < 1.29 is 9.18 Å². The Labute approximate surface area is 106 Å². The first-order valence-corrected chi connectivity index (χ1v) is 6.12. The molecule has 2 atom stereocenters. The minimum absolute atomic E-state index is 0.000111. The average Bonchev–Trinajstić information content (AvgIpc) is 2.31. The van der Waals surface area contributed by atoms with Crippen LogP contribution in [0.4, 0.5) is 14.9 Å². The van der Waals surface area contributed by atoms with Crippen LogP contribution >= 0.6 is 0 Å². The predicted octanol–water partition coefficient (Wildman–Crippen LogP) is 2.03. The summed E-state index contributed by atoms with van der Waals surface area (Å²) in [5.41, 5.74) is 6.08. The molecule has 5 heteroatoms. The molecular weight excluding hydrogens is 233 g/mol. The van der Waals surface area contributed by atoms with Crippen LogP contribution in [-0.2, 0) is 0 Å². The zero-order valence-corrected chi connectivity index (χ0v) is 10.4. The number of halogens is 1. The molecule has 1 heterocycles. The van der Waals surface area contributed by atoms with Gasteiger partial charge in [0, 0.05) is 19.1 Å². The highest BCUT2D eigenvalue weighted by Gasteiger charge is 2.25. The van der Waals surface area contributed by atoms with Crippen molar-refractivity contribution in [1.82, 2.24) is 4.90 Å². The standard InChI is InChI=1S/C13H18FN3O/c1-9-6-10(15)8-17(7-9)13(18)16-12-5-3-2-4-11(12)14/h2-5,9-10H,6-8,15H2,1H3,(H,16,18). The van der Waals surface area contributed by atoms with Gasteiger partial charge in [0.1, 0.15) is 5.82 Å². The first kappa shape index (κ1) is 12.8. The van der Waals surface area contributed by atoms with E-state index in [0.29, 0.717) is 19.0 Å². The number of nitrogens with zero attached hydrogens (tertiary/aromatic N) is 1. The molecule has 4 nitrogen and oxygen atoms in total. The fourth-order valence-electron chi connectivity index (χ4n) is 2.32. The van der Waals surface area contributed by atoms with Crippen LogP contribution in [0.15, 0.2) is 24.3 Å². The molecular formula is C13H18FN3O. The van der Waals surface area contributed by atoms with Crippen LogP contribution in [0, 0.1) is 11.7 Å². The molecule has 0 spiro atoms. The lowest BCUT2D eigenvalue weighted by Gasteiger charge is -2.34. The molecule has 2 rings (SSSR count). The zero-order chi connectivity index (χ0) is 13.1. The van der Waals surface area contributed by atoms with Crippen molar-refractivity contribution in [3.8, 4) is 0 Å². The summed E-state index contributed by atoms with van der Waals surface area (Å²) in [6.07, 6.45) is 0.920. The molecule has 1 aliphatic heterocycles. The smallest absolute Gasteiger partial charge is 0.321 e. The van der Waals surface area contributed by atoms with Crippen LogP contribution in [0.2, 0.25) is 0 Å². The molecule has 0 bridgehead atoms. The Bertz CT molecular complexity index is 428. The van der Waals surface area contributed by atoms with E-state index in [4.69, 9.17) is 5.73 Å². The van der Waals surface area contributed by atoms with E-state index in [-0.39, 0.29) is 17.8 Å². The number of carbonyl (C=O) groups is 1. The maximum absolute atomic E-state index is 13.4. The first-order valence-electron chi connectivity index (χ1n) is 6.12. The van der Waals surface area contributed by atoms with E-state index < -0.39 is 5.82 Å². The van der Waals surface area contributed by atoms with Crippen molar-refractivity contribution in [3.63, 3.8) is 0 Å². The minimum Gasteiger partial charge on any atom is -0.326 e. The Morgan fingerprint density at radius 3 is 2.83 bits per heavy atom. The molecule has 1 fully saturated rings. The van der Waals surface area contributed by atoms with E-state index in [9.17, 15) is 9.18 Å². The van der Waals surface area contributed by atoms with Gasteiger partial charge in [-0.1, -0.05) is 19.1 Å². The summed E-state index contributed by atoms with van der Waals surface area (Å²) in [7, 11) is 0. The first-order chi connectivity index (χ1) is 8.56. The van der Waals surface area contributed by atoms with Crippen molar-refractivity contribution in [2.45, 2.75) is 19.4 Å². The fourth-order valence-corrected chi connectivity index (χ4v) is 2.32. The van der Waals surface area contributed by atoms with Gasteiger partial charge in [-0.15, -0.1) is 0 Å². The van der Waals surface area contributed by atoms with Gasteiger partial charge in [-0.3, -0.25) is 0 Å². The second-order valence-corrected chi connectivity index (χ2v) is 4.92. The lowest BCUT2D eigenvalue weighted by atomic mass is 9.97. The molecule has 3 N–H and O–H groups in total. The number of nitrogens with one attached hydrogen (secondary N) is 1. The maximum atomic E-state index is 13.4. The molecule has 1 saturated heterocycles. The zero-order valence-electron chi connectivity index (χ0n) is 10.4. The van der Waals surface area contributed by atoms with E-state index in [2.05, 4.69) is 12.2 Å². The number of hydrogen-bond acceptors (Lipinski definition) is 2. The molecule has 18 heavy (non-hydrogen) atoms. The van der Waals surface area contributed by atoms with E-state index in [1.807, 2.05) is 0 Å². The summed E-state index contributed by atoms with van der Waals surface area (Å²) >= 11 is 0. The van der Waals surface area contributed by atoms with Gasteiger partial charge in [0.05, 0.1) is 5.69 Å². The number of anilines is 1. The van der Waals surface area contributed by atoms with E-state index in [1.54, 1.807) is 23.1 Å². The van der Waals surface area contributed by atoms with Gasteiger partial charge in [-0.05, 0) is 24.5 Å². The second-order valence-electron chi connectivity index (χ2n) is 4.92. The van der Waals surface area contributed by atoms with Gasteiger partial charge in [0.15, 0.2) is 0 Å². The molecule has 1 aromatic carbocycles. The normalized spacial score (nSPS) is 23.8. The van der Waals surface area contributed by atoms with Gasteiger partial charge in [-0.2, -0.15) is 0 Å². The van der Waals surface area contributed by atoms with Crippen molar-refractivity contribution in [1.29, 1.82) is 0 Å². The van der Waals surface area contributed by atoms with Crippen molar-refractivity contribution >= 4 is 11.7 Å². The second kappa shape index (κ2) is 5.35. The van der Waals surface area contributed by atoms with Gasteiger partial charge in [0.2, 0.25) is 0 Å². The fraction of sp³-hybridized carbons (Fsp3) is 0.462. The summed E-state index contributed by atoms with van der Waals surface area (Å²) in [6, 6.07) is 5.84. The highest BCUT2D eigenvalue weighted by atomic mass is 19.1. The third-order valence-electron chi connectivity index (χ3n) is 3.09. The van der Waals surface area contributed by atoms with Crippen molar-refractivity contribution in [2.24, 2.45) is 11.7 Å². The number of nitrogens with two attached hydrogens (primary N) is 1. The highest BCUT2D eigenvalue weighted by molar-refractivity contribution is 5.89. The molecule has 0 aromatic heterocycles. The average molecular weight is 251 g/mol. The van der Waals surface area contributed by atoms with E-state index >= 15 is 0 Å². The van der Waals surface area contributed by atoms with Crippen LogP contribution in [0.5, 0.6) is 0 Å². The van der Waals surface area contributed by atoms with Crippen LogP contribution in [0.1, 0.15) is 13.3 Å². The number of benzene rings is 1. The Hall–Kier alpha value is -1.62. The predicted molar refractivity (Wildman–Crippen MR) is 68.7 cm³/mol. The molecule has 98 valence electrons. The van der Waals surface area contributed by atoms with Gasteiger partial charge in [0.25, 0.3) is 0 Å². The highest BCUT2D eigenvalue weighted by Crippen LogP contribution is 2.18.